The molecule has 2 aromatic carbocycles. The van der Waals surface area contributed by atoms with Crippen LogP contribution in [0.15, 0.2) is 53.9 Å². The van der Waals surface area contributed by atoms with Crippen LogP contribution in [0.5, 0.6) is 0 Å². The van der Waals surface area contributed by atoms with E-state index < -0.39 is 0 Å². The summed E-state index contributed by atoms with van der Waals surface area (Å²) in [4.78, 5) is 4.57. The van der Waals surface area contributed by atoms with Crippen molar-refractivity contribution in [1.29, 1.82) is 0 Å². The van der Waals surface area contributed by atoms with Crippen molar-refractivity contribution < 1.29 is 4.39 Å². The monoisotopic (exact) mass is 270 g/mol. The van der Waals surface area contributed by atoms with Gasteiger partial charge in [0, 0.05) is 22.2 Å². The van der Waals surface area contributed by atoms with Crippen LogP contribution in [0.25, 0.3) is 21.8 Å². The van der Waals surface area contributed by atoms with E-state index in [0.717, 1.165) is 27.5 Å². The van der Waals surface area contributed by atoms with Crippen molar-refractivity contribution in [3.63, 3.8) is 0 Å². The average Bonchev–Trinajstić information content (AvgIpc) is 2.90. The second-order valence-electron chi connectivity index (χ2n) is 4.17. The zero-order valence-electron chi connectivity index (χ0n) is 10.0. The van der Waals surface area contributed by atoms with Crippen molar-refractivity contribution in [2.24, 2.45) is 0 Å². The van der Waals surface area contributed by atoms with Gasteiger partial charge in [0.1, 0.15) is 10.8 Å². The number of thiazole rings is 1. The van der Waals surface area contributed by atoms with Gasteiger partial charge in [-0.2, -0.15) is 0 Å². The minimum atomic E-state index is -0.237. The quantitative estimate of drug-likeness (QED) is 0.709. The van der Waals surface area contributed by atoms with Gasteiger partial charge in [-0.25, -0.2) is 9.37 Å². The van der Waals surface area contributed by atoms with Crippen LogP contribution in [-0.2, 0) is 0 Å². The number of nitrogens with two attached hydrogens (primary N) is 1. The Bertz CT molecular complexity index is 627. The fourth-order valence-corrected chi connectivity index (χ4v) is 2.62. The summed E-state index contributed by atoms with van der Waals surface area (Å²) in [6.07, 6.45) is 0. The van der Waals surface area contributed by atoms with Gasteiger partial charge in [-0.05, 0) is 36.4 Å². The van der Waals surface area contributed by atoms with E-state index >= 15 is 0 Å². The zero-order valence-corrected chi connectivity index (χ0v) is 10.8. The number of nitrogens with zero attached hydrogens (tertiary/aromatic N) is 1. The van der Waals surface area contributed by atoms with Gasteiger partial charge >= 0.3 is 0 Å². The fraction of sp³-hybridized carbons (Fsp3) is 0. The predicted octanol–water partition coefficient (Wildman–Crippen LogP) is 4.20. The molecule has 0 fully saturated rings. The second-order valence-corrected chi connectivity index (χ2v) is 5.02. The highest BCUT2D eigenvalue weighted by Crippen LogP contribution is 2.29. The SMILES string of the molecule is Nc1ccc(-c2csc(-c3ccc(F)cc3)n2)cc1. The first-order valence-electron chi connectivity index (χ1n) is 5.80. The van der Waals surface area contributed by atoms with Crippen LogP contribution in [0.3, 0.4) is 0 Å². The maximum Gasteiger partial charge on any atom is 0.124 e. The first-order chi connectivity index (χ1) is 9.22. The molecular weight excluding hydrogens is 259 g/mol. The first kappa shape index (κ1) is 11.9. The van der Waals surface area contributed by atoms with Crippen molar-refractivity contribution in [2.75, 3.05) is 5.73 Å². The van der Waals surface area contributed by atoms with Gasteiger partial charge in [0.2, 0.25) is 0 Å². The van der Waals surface area contributed by atoms with Crippen LogP contribution in [0, 0.1) is 5.82 Å². The molecule has 94 valence electrons. The molecule has 2 N–H and O–H groups in total. The lowest BCUT2D eigenvalue weighted by molar-refractivity contribution is 0.628. The Morgan fingerprint density at radius 1 is 0.895 bits per heavy atom. The van der Waals surface area contributed by atoms with Crippen molar-refractivity contribution in [3.8, 4) is 21.8 Å². The molecule has 0 spiro atoms. The van der Waals surface area contributed by atoms with Crippen molar-refractivity contribution in [3.05, 3.63) is 59.7 Å². The highest BCUT2D eigenvalue weighted by Gasteiger charge is 2.06. The van der Waals surface area contributed by atoms with Crippen molar-refractivity contribution >= 4 is 17.0 Å². The summed E-state index contributed by atoms with van der Waals surface area (Å²) >= 11 is 1.54. The van der Waals surface area contributed by atoms with Gasteiger partial charge in [-0.3, -0.25) is 0 Å². The van der Waals surface area contributed by atoms with E-state index in [0.29, 0.717) is 0 Å². The molecule has 0 atom stereocenters. The van der Waals surface area contributed by atoms with E-state index in [1.54, 1.807) is 23.5 Å². The lowest BCUT2D eigenvalue weighted by Gasteiger charge is -1.98. The molecular formula is C15H11FN2S. The van der Waals surface area contributed by atoms with Gasteiger partial charge in [0.05, 0.1) is 5.69 Å². The normalized spacial score (nSPS) is 10.6. The molecule has 0 amide bonds. The Morgan fingerprint density at radius 3 is 2.21 bits per heavy atom. The molecule has 0 radical (unpaired) electrons. The van der Waals surface area contributed by atoms with Crippen molar-refractivity contribution in [1.82, 2.24) is 4.98 Å². The summed E-state index contributed by atoms with van der Waals surface area (Å²) in [5.41, 5.74) is 9.25. The van der Waals surface area contributed by atoms with E-state index in [2.05, 4.69) is 4.98 Å². The summed E-state index contributed by atoms with van der Waals surface area (Å²) in [6, 6.07) is 14.0. The zero-order chi connectivity index (χ0) is 13.2. The Hall–Kier alpha value is -2.20. The van der Waals surface area contributed by atoms with Crippen molar-refractivity contribution in [2.45, 2.75) is 0 Å². The largest absolute Gasteiger partial charge is 0.399 e. The molecule has 0 aliphatic carbocycles. The molecule has 1 aromatic heterocycles. The molecule has 0 aliphatic rings. The van der Waals surface area contributed by atoms with Crippen LogP contribution in [0.4, 0.5) is 10.1 Å². The van der Waals surface area contributed by atoms with Crippen LogP contribution < -0.4 is 5.73 Å². The Labute approximate surface area is 114 Å². The topological polar surface area (TPSA) is 38.9 Å². The summed E-state index contributed by atoms with van der Waals surface area (Å²) in [5.74, 6) is -0.237. The minimum Gasteiger partial charge on any atom is -0.399 e. The molecule has 3 rings (SSSR count). The maximum absolute atomic E-state index is 12.9. The predicted molar refractivity (Wildman–Crippen MR) is 77.4 cm³/mol. The third-order valence-electron chi connectivity index (χ3n) is 2.80. The molecule has 0 unspecified atom stereocenters. The van der Waals surface area contributed by atoms with Gasteiger partial charge in [-0.15, -0.1) is 11.3 Å². The Morgan fingerprint density at radius 2 is 1.53 bits per heavy atom. The maximum atomic E-state index is 12.9. The molecule has 19 heavy (non-hydrogen) atoms. The summed E-state index contributed by atoms with van der Waals surface area (Å²) < 4.78 is 12.9. The summed E-state index contributed by atoms with van der Waals surface area (Å²) in [5, 5.41) is 2.87. The average molecular weight is 270 g/mol. The number of aromatic nitrogens is 1. The molecule has 1 heterocycles. The number of benzene rings is 2. The van der Waals surface area contributed by atoms with E-state index in [4.69, 9.17) is 5.73 Å². The van der Waals surface area contributed by atoms with Crippen LogP contribution in [-0.4, -0.2) is 4.98 Å². The minimum absolute atomic E-state index is 0.237. The molecule has 3 aromatic rings. The summed E-state index contributed by atoms with van der Waals surface area (Å²) in [6.45, 7) is 0. The number of hydrogen-bond donors (Lipinski definition) is 1. The highest BCUT2D eigenvalue weighted by atomic mass is 32.1. The second kappa shape index (κ2) is 4.82. The van der Waals surface area contributed by atoms with E-state index in [1.807, 2.05) is 29.6 Å². The molecule has 0 aliphatic heterocycles. The van der Waals surface area contributed by atoms with E-state index in [-0.39, 0.29) is 5.82 Å². The molecule has 0 saturated carbocycles. The third kappa shape index (κ3) is 2.48. The number of nitrogen functional groups attached to an aromatic ring is 1. The lowest BCUT2D eigenvalue weighted by Crippen LogP contribution is -1.84. The van der Waals surface area contributed by atoms with E-state index in [9.17, 15) is 4.39 Å². The van der Waals surface area contributed by atoms with E-state index in [1.165, 1.54) is 12.1 Å². The first-order valence-corrected chi connectivity index (χ1v) is 6.68. The number of anilines is 1. The number of hydrogen-bond acceptors (Lipinski definition) is 3. The van der Waals surface area contributed by atoms with Crippen LogP contribution in [0.1, 0.15) is 0 Å². The standard InChI is InChI=1S/C15H11FN2S/c16-12-5-1-11(2-6-12)15-18-14(9-19-15)10-3-7-13(17)8-4-10/h1-9H,17H2. The highest BCUT2D eigenvalue weighted by molar-refractivity contribution is 7.13. The summed E-state index contributed by atoms with van der Waals surface area (Å²) in [7, 11) is 0. The molecule has 4 heteroatoms. The number of rotatable bonds is 2. The number of halogens is 1. The van der Waals surface area contributed by atoms with Gasteiger partial charge in [0.25, 0.3) is 0 Å². The molecule has 0 bridgehead atoms. The van der Waals surface area contributed by atoms with Gasteiger partial charge in [0.15, 0.2) is 0 Å². The molecule has 2 nitrogen and oxygen atoms in total. The molecule has 0 saturated heterocycles. The Balaban J connectivity index is 1.95. The fourth-order valence-electron chi connectivity index (χ4n) is 1.79. The van der Waals surface area contributed by atoms with Crippen LogP contribution >= 0.6 is 11.3 Å². The third-order valence-corrected chi connectivity index (χ3v) is 3.69. The smallest absolute Gasteiger partial charge is 0.124 e. The Kier molecular flexibility index (Phi) is 3.01. The van der Waals surface area contributed by atoms with Gasteiger partial charge in [-0.1, -0.05) is 12.1 Å². The lowest BCUT2D eigenvalue weighted by atomic mass is 10.1. The van der Waals surface area contributed by atoms with Crippen LogP contribution in [0.2, 0.25) is 0 Å². The van der Waals surface area contributed by atoms with Gasteiger partial charge < -0.3 is 5.73 Å².